The molecule has 17 heavy (non-hydrogen) atoms. The van der Waals surface area contributed by atoms with Crippen molar-refractivity contribution in [2.45, 2.75) is 57.4 Å². The molecule has 4 nitrogen and oxygen atoms in total. The number of nitrogens with zero attached hydrogens (tertiary/aromatic N) is 1. The fourth-order valence-electron chi connectivity index (χ4n) is 2.85. The Balaban J connectivity index is 2.59. The maximum absolute atomic E-state index is 6.27. The summed E-state index contributed by atoms with van der Waals surface area (Å²) in [4.78, 5) is 2.43. The van der Waals surface area contributed by atoms with E-state index in [1.54, 1.807) is 14.2 Å². The summed E-state index contributed by atoms with van der Waals surface area (Å²) in [6.07, 6.45) is 3.69. The molecule has 4 atom stereocenters. The molecule has 0 amide bonds. The van der Waals surface area contributed by atoms with Crippen molar-refractivity contribution < 1.29 is 9.47 Å². The zero-order valence-electron chi connectivity index (χ0n) is 11.7. The van der Waals surface area contributed by atoms with Crippen LogP contribution in [0.4, 0.5) is 0 Å². The lowest BCUT2D eigenvalue weighted by atomic mass is 10.0. The van der Waals surface area contributed by atoms with Gasteiger partial charge in [-0.15, -0.1) is 0 Å². The Hall–Kier alpha value is -0.160. The standard InChI is InChI=1S/C13H28N2O2/c1-5-7-10(14)11(6-2)15-8-12(16-3)13(9-15)17-4/h10-13H,5-9,14H2,1-4H3. The summed E-state index contributed by atoms with van der Waals surface area (Å²) < 4.78 is 10.9. The third-order valence-electron chi connectivity index (χ3n) is 3.85. The van der Waals surface area contributed by atoms with Crippen LogP contribution in [-0.4, -0.2) is 56.5 Å². The molecule has 0 aromatic heterocycles. The van der Waals surface area contributed by atoms with Crippen LogP contribution in [0.1, 0.15) is 33.1 Å². The molecular weight excluding hydrogens is 216 g/mol. The highest BCUT2D eigenvalue weighted by Gasteiger charge is 2.37. The van der Waals surface area contributed by atoms with Crippen LogP contribution in [0.5, 0.6) is 0 Å². The van der Waals surface area contributed by atoms with Crippen LogP contribution >= 0.6 is 0 Å². The average molecular weight is 244 g/mol. The summed E-state index contributed by atoms with van der Waals surface area (Å²) in [7, 11) is 3.51. The lowest BCUT2D eigenvalue weighted by Gasteiger charge is -2.31. The first-order valence-electron chi connectivity index (χ1n) is 6.73. The molecule has 0 bridgehead atoms. The van der Waals surface area contributed by atoms with Gasteiger partial charge in [0.15, 0.2) is 0 Å². The van der Waals surface area contributed by atoms with E-state index in [4.69, 9.17) is 15.2 Å². The van der Waals surface area contributed by atoms with Crippen molar-refractivity contribution in [2.24, 2.45) is 5.73 Å². The third kappa shape index (κ3) is 3.65. The van der Waals surface area contributed by atoms with E-state index in [2.05, 4.69) is 18.7 Å². The predicted octanol–water partition coefficient (Wildman–Crippen LogP) is 1.24. The maximum Gasteiger partial charge on any atom is 0.0971 e. The van der Waals surface area contributed by atoms with Crippen molar-refractivity contribution in [1.82, 2.24) is 4.90 Å². The molecule has 1 heterocycles. The van der Waals surface area contributed by atoms with Crippen molar-refractivity contribution in [1.29, 1.82) is 0 Å². The van der Waals surface area contributed by atoms with E-state index < -0.39 is 0 Å². The van der Waals surface area contributed by atoms with Crippen LogP contribution in [0.3, 0.4) is 0 Å². The lowest BCUT2D eigenvalue weighted by Crippen LogP contribution is -2.47. The topological polar surface area (TPSA) is 47.7 Å². The summed E-state index contributed by atoms with van der Waals surface area (Å²) in [5.41, 5.74) is 6.27. The van der Waals surface area contributed by atoms with Crippen molar-refractivity contribution in [3.63, 3.8) is 0 Å². The molecule has 1 rings (SSSR count). The van der Waals surface area contributed by atoms with E-state index >= 15 is 0 Å². The number of hydrogen-bond donors (Lipinski definition) is 1. The molecule has 0 aromatic carbocycles. The lowest BCUT2D eigenvalue weighted by molar-refractivity contribution is -0.00461. The molecule has 0 spiro atoms. The summed E-state index contributed by atoms with van der Waals surface area (Å²) in [5.74, 6) is 0. The van der Waals surface area contributed by atoms with Gasteiger partial charge in [0.2, 0.25) is 0 Å². The molecule has 102 valence electrons. The first kappa shape index (κ1) is 14.9. The van der Waals surface area contributed by atoms with Gasteiger partial charge in [-0.1, -0.05) is 20.3 Å². The highest BCUT2D eigenvalue weighted by molar-refractivity contribution is 4.92. The number of hydrogen-bond acceptors (Lipinski definition) is 4. The van der Waals surface area contributed by atoms with Gasteiger partial charge in [0.05, 0.1) is 12.2 Å². The largest absolute Gasteiger partial charge is 0.377 e. The van der Waals surface area contributed by atoms with Gasteiger partial charge in [0, 0.05) is 39.4 Å². The number of nitrogens with two attached hydrogens (primary N) is 1. The maximum atomic E-state index is 6.27. The van der Waals surface area contributed by atoms with Gasteiger partial charge in [0.1, 0.15) is 0 Å². The van der Waals surface area contributed by atoms with Gasteiger partial charge in [-0.05, 0) is 12.8 Å². The molecule has 0 radical (unpaired) electrons. The molecular formula is C13H28N2O2. The van der Waals surface area contributed by atoms with Crippen LogP contribution in [0.25, 0.3) is 0 Å². The monoisotopic (exact) mass is 244 g/mol. The number of ether oxygens (including phenoxy) is 2. The molecule has 1 aliphatic rings. The number of methoxy groups -OCH3 is 2. The summed E-state index contributed by atoms with van der Waals surface area (Å²) >= 11 is 0. The molecule has 1 fully saturated rings. The Morgan fingerprint density at radius 3 is 2.06 bits per heavy atom. The minimum Gasteiger partial charge on any atom is -0.377 e. The zero-order valence-corrected chi connectivity index (χ0v) is 11.7. The minimum absolute atomic E-state index is 0.183. The smallest absolute Gasteiger partial charge is 0.0971 e. The molecule has 1 aliphatic heterocycles. The second-order valence-electron chi connectivity index (χ2n) is 4.93. The highest BCUT2D eigenvalue weighted by Crippen LogP contribution is 2.22. The van der Waals surface area contributed by atoms with E-state index in [9.17, 15) is 0 Å². The normalized spacial score (nSPS) is 29.5. The van der Waals surface area contributed by atoms with Crippen LogP contribution < -0.4 is 5.73 Å². The Kier molecular flexibility index (Phi) is 6.41. The summed E-state index contributed by atoms with van der Waals surface area (Å²) in [6, 6.07) is 0.714. The van der Waals surface area contributed by atoms with Gasteiger partial charge in [-0.3, -0.25) is 4.90 Å². The van der Waals surface area contributed by atoms with Gasteiger partial charge < -0.3 is 15.2 Å². The third-order valence-corrected chi connectivity index (χ3v) is 3.85. The predicted molar refractivity (Wildman–Crippen MR) is 70.1 cm³/mol. The SMILES string of the molecule is CCCC(N)C(CC)N1CC(OC)C(OC)C1. The first-order chi connectivity index (χ1) is 8.17. The van der Waals surface area contributed by atoms with Crippen LogP contribution in [0, 0.1) is 0 Å². The molecule has 2 N–H and O–H groups in total. The second-order valence-corrected chi connectivity index (χ2v) is 4.93. The second kappa shape index (κ2) is 7.31. The fourth-order valence-corrected chi connectivity index (χ4v) is 2.85. The van der Waals surface area contributed by atoms with Gasteiger partial charge >= 0.3 is 0 Å². The molecule has 4 unspecified atom stereocenters. The Morgan fingerprint density at radius 1 is 1.18 bits per heavy atom. The highest BCUT2D eigenvalue weighted by atomic mass is 16.5. The minimum atomic E-state index is 0.183. The summed E-state index contributed by atoms with van der Waals surface area (Å²) in [5, 5.41) is 0. The summed E-state index contributed by atoms with van der Waals surface area (Å²) in [6.45, 7) is 6.27. The molecule has 0 aromatic rings. The van der Waals surface area contributed by atoms with Gasteiger partial charge in [-0.25, -0.2) is 0 Å². The molecule has 4 heteroatoms. The van der Waals surface area contributed by atoms with E-state index in [0.717, 1.165) is 32.4 Å². The van der Waals surface area contributed by atoms with Crippen molar-refractivity contribution in [3.05, 3.63) is 0 Å². The van der Waals surface area contributed by atoms with E-state index in [0.29, 0.717) is 6.04 Å². The van der Waals surface area contributed by atoms with Gasteiger partial charge in [0.25, 0.3) is 0 Å². The van der Waals surface area contributed by atoms with Crippen molar-refractivity contribution in [2.75, 3.05) is 27.3 Å². The fraction of sp³-hybridized carbons (Fsp3) is 1.00. The molecule has 1 saturated heterocycles. The van der Waals surface area contributed by atoms with Crippen molar-refractivity contribution in [3.8, 4) is 0 Å². The van der Waals surface area contributed by atoms with Crippen molar-refractivity contribution >= 4 is 0 Å². The van der Waals surface area contributed by atoms with E-state index in [1.165, 1.54) is 0 Å². The van der Waals surface area contributed by atoms with Crippen LogP contribution in [0.2, 0.25) is 0 Å². The number of rotatable bonds is 7. The number of likely N-dealkylation sites (tertiary alicyclic amines) is 1. The molecule has 0 aliphatic carbocycles. The Bertz CT molecular complexity index is 202. The first-order valence-corrected chi connectivity index (χ1v) is 6.73. The van der Waals surface area contributed by atoms with E-state index in [-0.39, 0.29) is 18.2 Å². The van der Waals surface area contributed by atoms with E-state index in [1.807, 2.05) is 0 Å². The van der Waals surface area contributed by atoms with Gasteiger partial charge in [-0.2, -0.15) is 0 Å². The zero-order chi connectivity index (χ0) is 12.8. The average Bonchev–Trinajstić information content (AvgIpc) is 2.73. The Labute approximate surface area is 105 Å². The molecule has 0 saturated carbocycles. The van der Waals surface area contributed by atoms with Crippen LogP contribution in [-0.2, 0) is 9.47 Å². The van der Waals surface area contributed by atoms with Crippen LogP contribution in [0.15, 0.2) is 0 Å². The Morgan fingerprint density at radius 2 is 1.71 bits per heavy atom. The quantitative estimate of drug-likeness (QED) is 0.732.